The maximum Gasteiger partial charge on any atom is 0.260 e. The first kappa shape index (κ1) is 19.9. The number of nitrogens with one attached hydrogen (secondary N) is 1. The molecule has 5 nitrogen and oxygen atoms in total. The molecule has 1 saturated heterocycles. The molecule has 0 aromatic heterocycles. The summed E-state index contributed by atoms with van der Waals surface area (Å²) in [4.78, 5) is 27.0. The lowest BCUT2D eigenvalue weighted by Gasteiger charge is -2.20. The number of nitrogens with zero attached hydrogens (tertiary/aromatic N) is 1. The van der Waals surface area contributed by atoms with E-state index >= 15 is 0 Å². The van der Waals surface area contributed by atoms with Crippen LogP contribution in [0.15, 0.2) is 48.5 Å². The molecule has 0 aliphatic carbocycles. The van der Waals surface area contributed by atoms with Crippen LogP contribution in [0.1, 0.15) is 48.5 Å². The molecule has 0 saturated carbocycles. The van der Waals surface area contributed by atoms with Crippen LogP contribution in [-0.4, -0.2) is 36.4 Å². The maximum absolute atomic E-state index is 12.7. The van der Waals surface area contributed by atoms with Crippen LogP contribution in [0, 0.1) is 0 Å². The first-order valence-corrected chi connectivity index (χ1v) is 10.1. The average molecular weight is 380 g/mol. The van der Waals surface area contributed by atoms with Crippen molar-refractivity contribution in [3.63, 3.8) is 0 Å². The van der Waals surface area contributed by atoms with Gasteiger partial charge in [0.05, 0.1) is 5.56 Å². The minimum atomic E-state index is -0.248. The lowest BCUT2D eigenvalue weighted by atomic mass is 10.1. The van der Waals surface area contributed by atoms with E-state index in [1.54, 1.807) is 24.3 Å². The SMILES string of the molecule is CCc1ccc(NC(=O)c2ccccc2OCC(=O)N2CCCCCC2)cc1. The number of carbonyl (C=O) groups is 2. The summed E-state index contributed by atoms with van der Waals surface area (Å²) in [7, 11) is 0. The molecule has 2 amide bonds. The van der Waals surface area contributed by atoms with Gasteiger partial charge < -0.3 is 15.0 Å². The maximum atomic E-state index is 12.7. The van der Waals surface area contributed by atoms with Crippen molar-refractivity contribution >= 4 is 17.5 Å². The number of carbonyl (C=O) groups excluding carboxylic acids is 2. The minimum absolute atomic E-state index is 0.0211. The zero-order valence-electron chi connectivity index (χ0n) is 16.4. The van der Waals surface area contributed by atoms with Gasteiger partial charge in [0.15, 0.2) is 6.61 Å². The van der Waals surface area contributed by atoms with Gasteiger partial charge in [-0.3, -0.25) is 9.59 Å². The summed E-state index contributed by atoms with van der Waals surface area (Å²) in [6.07, 6.45) is 5.39. The number of aryl methyl sites for hydroxylation is 1. The Kier molecular flexibility index (Phi) is 7.06. The van der Waals surface area contributed by atoms with Crippen molar-refractivity contribution in [2.45, 2.75) is 39.0 Å². The van der Waals surface area contributed by atoms with Crippen LogP contribution in [0.25, 0.3) is 0 Å². The van der Waals surface area contributed by atoms with Crippen LogP contribution in [-0.2, 0) is 11.2 Å². The van der Waals surface area contributed by atoms with Crippen molar-refractivity contribution in [1.82, 2.24) is 4.90 Å². The number of hydrogen-bond donors (Lipinski definition) is 1. The third-order valence-electron chi connectivity index (χ3n) is 5.06. The highest BCUT2D eigenvalue weighted by Crippen LogP contribution is 2.20. The van der Waals surface area contributed by atoms with E-state index in [1.165, 1.54) is 18.4 Å². The molecule has 148 valence electrons. The zero-order valence-corrected chi connectivity index (χ0v) is 16.4. The molecule has 1 aliphatic heterocycles. The normalized spacial score (nSPS) is 14.2. The minimum Gasteiger partial charge on any atom is -0.483 e. The summed E-state index contributed by atoms with van der Waals surface area (Å²) in [5, 5.41) is 2.89. The van der Waals surface area contributed by atoms with Gasteiger partial charge >= 0.3 is 0 Å². The van der Waals surface area contributed by atoms with E-state index in [2.05, 4.69) is 12.2 Å². The molecule has 0 unspecified atom stereocenters. The molecule has 1 fully saturated rings. The monoisotopic (exact) mass is 380 g/mol. The van der Waals surface area contributed by atoms with Crippen LogP contribution in [0.3, 0.4) is 0 Å². The van der Waals surface area contributed by atoms with Gasteiger partial charge in [0.1, 0.15) is 5.75 Å². The van der Waals surface area contributed by atoms with Crippen molar-refractivity contribution in [2.75, 3.05) is 25.0 Å². The fraction of sp³-hybridized carbons (Fsp3) is 0.391. The highest BCUT2D eigenvalue weighted by molar-refractivity contribution is 6.06. The second kappa shape index (κ2) is 9.93. The van der Waals surface area contributed by atoms with Crippen LogP contribution in [0.2, 0.25) is 0 Å². The Morgan fingerprint density at radius 1 is 0.964 bits per heavy atom. The van der Waals surface area contributed by atoms with E-state index in [1.807, 2.05) is 29.2 Å². The number of benzene rings is 2. The van der Waals surface area contributed by atoms with Crippen LogP contribution in [0.4, 0.5) is 5.69 Å². The van der Waals surface area contributed by atoms with E-state index in [-0.39, 0.29) is 18.4 Å². The van der Waals surface area contributed by atoms with Crippen molar-refractivity contribution in [3.8, 4) is 5.75 Å². The van der Waals surface area contributed by atoms with Gasteiger partial charge in [0.25, 0.3) is 11.8 Å². The topological polar surface area (TPSA) is 58.6 Å². The molecule has 0 bridgehead atoms. The van der Waals surface area contributed by atoms with Gasteiger partial charge in [0, 0.05) is 18.8 Å². The van der Waals surface area contributed by atoms with E-state index < -0.39 is 0 Å². The smallest absolute Gasteiger partial charge is 0.260 e. The molecule has 0 spiro atoms. The fourth-order valence-corrected chi connectivity index (χ4v) is 3.35. The van der Waals surface area contributed by atoms with Gasteiger partial charge in [-0.2, -0.15) is 0 Å². The summed E-state index contributed by atoms with van der Waals surface area (Å²) >= 11 is 0. The van der Waals surface area contributed by atoms with E-state index in [9.17, 15) is 9.59 Å². The Balaban J connectivity index is 1.63. The van der Waals surface area contributed by atoms with E-state index in [4.69, 9.17) is 4.74 Å². The van der Waals surface area contributed by atoms with E-state index in [0.29, 0.717) is 11.3 Å². The summed E-state index contributed by atoms with van der Waals surface area (Å²) in [5.74, 6) is 0.155. The van der Waals surface area contributed by atoms with Crippen LogP contribution < -0.4 is 10.1 Å². The third-order valence-corrected chi connectivity index (χ3v) is 5.06. The standard InChI is InChI=1S/C23H28N2O3/c1-2-18-11-13-19(14-12-18)24-23(27)20-9-5-6-10-21(20)28-17-22(26)25-15-7-3-4-8-16-25/h5-6,9-14H,2-4,7-8,15-17H2,1H3,(H,24,27). The molecule has 0 radical (unpaired) electrons. The Hall–Kier alpha value is -2.82. The quantitative estimate of drug-likeness (QED) is 0.814. The van der Waals surface area contributed by atoms with Crippen molar-refractivity contribution in [2.24, 2.45) is 0 Å². The molecule has 5 heteroatoms. The lowest BCUT2D eigenvalue weighted by Crippen LogP contribution is -2.35. The fourth-order valence-electron chi connectivity index (χ4n) is 3.35. The molecule has 1 aliphatic rings. The summed E-state index contributed by atoms with van der Waals surface area (Å²) in [6, 6.07) is 14.8. The third kappa shape index (κ3) is 5.35. The molecule has 3 rings (SSSR count). The van der Waals surface area contributed by atoms with Crippen molar-refractivity contribution < 1.29 is 14.3 Å². The second-order valence-corrected chi connectivity index (χ2v) is 7.08. The Bertz CT molecular complexity index is 794. The first-order chi connectivity index (χ1) is 13.7. The van der Waals surface area contributed by atoms with Gasteiger partial charge in [-0.25, -0.2) is 0 Å². The average Bonchev–Trinajstić information content (AvgIpc) is 3.02. The Morgan fingerprint density at radius 2 is 1.64 bits per heavy atom. The second-order valence-electron chi connectivity index (χ2n) is 7.08. The molecule has 1 N–H and O–H groups in total. The number of amides is 2. The van der Waals surface area contributed by atoms with Gasteiger partial charge in [-0.05, 0) is 49.1 Å². The molecule has 1 heterocycles. The molecule has 2 aromatic carbocycles. The number of anilines is 1. The summed E-state index contributed by atoms with van der Waals surface area (Å²) in [6.45, 7) is 3.62. The summed E-state index contributed by atoms with van der Waals surface area (Å²) < 4.78 is 5.74. The molecule has 2 aromatic rings. The number of likely N-dealkylation sites (tertiary alicyclic amines) is 1. The van der Waals surface area contributed by atoms with Crippen molar-refractivity contribution in [3.05, 3.63) is 59.7 Å². The molecular weight excluding hydrogens is 352 g/mol. The largest absolute Gasteiger partial charge is 0.483 e. The van der Waals surface area contributed by atoms with Crippen LogP contribution >= 0.6 is 0 Å². The van der Waals surface area contributed by atoms with Gasteiger partial charge in [-0.1, -0.05) is 44.0 Å². The van der Waals surface area contributed by atoms with Gasteiger partial charge in [0.2, 0.25) is 0 Å². The van der Waals surface area contributed by atoms with Crippen molar-refractivity contribution in [1.29, 1.82) is 0 Å². The lowest BCUT2D eigenvalue weighted by molar-refractivity contribution is -0.133. The number of para-hydroxylation sites is 1. The molecule has 28 heavy (non-hydrogen) atoms. The predicted molar refractivity (Wildman–Crippen MR) is 111 cm³/mol. The van der Waals surface area contributed by atoms with E-state index in [0.717, 1.165) is 38.0 Å². The number of rotatable bonds is 6. The highest BCUT2D eigenvalue weighted by atomic mass is 16.5. The Morgan fingerprint density at radius 3 is 2.32 bits per heavy atom. The number of ether oxygens (including phenoxy) is 1. The zero-order chi connectivity index (χ0) is 19.8. The van der Waals surface area contributed by atoms with Crippen LogP contribution in [0.5, 0.6) is 5.75 Å². The summed E-state index contributed by atoms with van der Waals surface area (Å²) in [5.41, 5.74) is 2.37. The molecular formula is C23H28N2O3. The first-order valence-electron chi connectivity index (χ1n) is 10.1. The predicted octanol–water partition coefficient (Wildman–Crippen LogP) is 4.28. The Labute approximate surface area is 166 Å². The number of hydrogen-bond acceptors (Lipinski definition) is 3. The molecule has 0 atom stereocenters. The highest BCUT2D eigenvalue weighted by Gasteiger charge is 2.18. The van der Waals surface area contributed by atoms with Gasteiger partial charge in [-0.15, -0.1) is 0 Å².